The second-order valence-electron chi connectivity index (χ2n) is 4.82. The van der Waals surface area contributed by atoms with Gasteiger partial charge >= 0.3 is 0 Å². The van der Waals surface area contributed by atoms with Crippen LogP contribution < -0.4 is 10.5 Å². The molecule has 0 aliphatic rings. The summed E-state index contributed by atoms with van der Waals surface area (Å²) in [5.41, 5.74) is 6.60. The first-order chi connectivity index (χ1) is 10.5. The molecule has 112 valence electrons. The number of benzene rings is 3. The molecule has 3 aromatic carbocycles. The van der Waals surface area contributed by atoms with Crippen LogP contribution in [0.2, 0.25) is 0 Å². The molecular formula is C16H13BrN2O2S. The lowest BCUT2D eigenvalue weighted by Crippen LogP contribution is -2.13. The Hall–Kier alpha value is -2.05. The van der Waals surface area contributed by atoms with Gasteiger partial charge in [-0.15, -0.1) is 0 Å². The number of hydrogen-bond donors (Lipinski definition) is 2. The van der Waals surface area contributed by atoms with Crippen molar-refractivity contribution in [1.82, 2.24) is 0 Å². The highest BCUT2D eigenvalue weighted by Crippen LogP contribution is 2.32. The van der Waals surface area contributed by atoms with E-state index in [1.165, 1.54) is 12.1 Å². The van der Waals surface area contributed by atoms with E-state index in [2.05, 4.69) is 20.7 Å². The van der Waals surface area contributed by atoms with Crippen LogP contribution >= 0.6 is 15.9 Å². The molecule has 0 unspecified atom stereocenters. The normalized spacial score (nSPS) is 11.5. The minimum absolute atomic E-state index is 0.168. The molecule has 0 radical (unpaired) electrons. The van der Waals surface area contributed by atoms with Gasteiger partial charge in [0.25, 0.3) is 10.0 Å². The summed E-state index contributed by atoms with van der Waals surface area (Å²) < 4.78 is 28.2. The molecule has 6 heteroatoms. The monoisotopic (exact) mass is 376 g/mol. The van der Waals surface area contributed by atoms with Gasteiger partial charge in [0.2, 0.25) is 0 Å². The highest BCUT2D eigenvalue weighted by Gasteiger charge is 2.16. The van der Waals surface area contributed by atoms with E-state index in [9.17, 15) is 8.42 Å². The summed E-state index contributed by atoms with van der Waals surface area (Å²) >= 11 is 3.47. The zero-order valence-corrected chi connectivity index (χ0v) is 13.9. The molecule has 0 aromatic heterocycles. The fourth-order valence-electron chi connectivity index (χ4n) is 2.16. The number of anilines is 2. The van der Waals surface area contributed by atoms with E-state index in [0.717, 1.165) is 10.8 Å². The van der Waals surface area contributed by atoms with Crippen molar-refractivity contribution in [2.45, 2.75) is 4.90 Å². The van der Waals surface area contributed by atoms with Gasteiger partial charge in [0.05, 0.1) is 10.6 Å². The molecule has 0 aliphatic heterocycles. The number of sulfonamides is 1. The minimum Gasteiger partial charge on any atom is -0.399 e. The van der Waals surface area contributed by atoms with Gasteiger partial charge in [-0.25, -0.2) is 8.42 Å². The molecule has 0 aliphatic carbocycles. The summed E-state index contributed by atoms with van der Waals surface area (Å²) in [7, 11) is -3.66. The van der Waals surface area contributed by atoms with Crippen LogP contribution in [-0.2, 0) is 10.0 Å². The molecule has 0 heterocycles. The Morgan fingerprint density at radius 1 is 0.909 bits per heavy atom. The van der Waals surface area contributed by atoms with Gasteiger partial charge in [-0.2, -0.15) is 0 Å². The Morgan fingerprint density at radius 3 is 2.32 bits per heavy atom. The first kappa shape index (κ1) is 14.9. The van der Waals surface area contributed by atoms with E-state index < -0.39 is 10.0 Å². The van der Waals surface area contributed by atoms with E-state index in [1.54, 1.807) is 18.2 Å². The maximum absolute atomic E-state index is 12.4. The zero-order valence-electron chi connectivity index (χ0n) is 11.5. The minimum atomic E-state index is -3.66. The molecule has 3 N–H and O–H groups in total. The number of nitrogens with two attached hydrogens (primary N) is 1. The third-order valence-corrected chi connectivity index (χ3v) is 5.53. The van der Waals surface area contributed by atoms with Gasteiger partial charge in [0, 0.05) is 10.2 Å². The van der Waals surface area contributed by atoms with Crippen molar-refractivity contribution in [2.24, 2.45) is 0 Å². The van der Waals surface area contributed by atoms with Crippen LogP contribution in [0, 0.1) is 0 Å². The zero-order chi connectivity index (χ0) is 15.7. The van der Waals surface area contributed by atoms with Crippen molar-refractivity contribution in [1.29, 1.82) is 0 Å². The predicted molar refractivity (Wildman–Crippen MR) is 93.3 cm³/mol. The van der Waals surface area contributed by atoms with Gasteiger partial charge in [-0.1, -0.05) is 30.3 Å². The lowest BCUT2D eigenvalue weighted by Gasteiger charge is -2.12. The maximum atomic E-state index is 12.4. The van der Waals surface area contributed by atoms with Crippen molar-refractivity contribution in [3.05, 3.63) is 65.1 Å². The first-order valence-electron chi connectivity index (χ1n) is 6.53. The molecule has 4 nitrogen and oxygen atoms in total. The van der Waals surface area contributed by atoms with Crippen molar-refractivity contribution >= 4 is 48.1 Å². The summed E-state index contributed by atoms with van der Waals surface area (Å²) in [6.45, 7) is 0. The van der Waals surface area contributed by atoms with Crippen LogP contribution in [-0.4, -0.2) is 8.42 Å². The molecule has 0 saturated carbocycles. The smallest absolute Gasteiger partial charge is 0.261 e. The van der Waals surface area contributed by atoms with E-state index in [1.807, 2.05) is 30.3 Å². The molecule has 22 heavy (non-hydrogen) atoms. The molecule has 0 bridgehead atoms. The quantitative estimate of drug-likeness (QED) is 0.678. The average molecular weight is 377 g/mol. The van der Waals surface area contributed by atoms with Crippen molar-refractivity contribution in [3.63, 3.8) is 0 Å². The molecule has 0 amide bonds. The van der Waals surface area contributed by atoms with Crippen LogP contribution in [0.4, 0.5) is 11.4 Å². The number of halogens is 1. The number of hydrogen-bond acceptors (Lipinski definition) is 3. The van der Waals surface area contributed by atoms with Crippen molar-refractivity contribution in [3.8, 4) is 0 Å². The van der Waals surface area contributed by atoms with Gasteiger partial charge in [0.1, 0.15) is 0 Å². The third kappa shape index (κ3) is 2.80. The highest BCUT2D eigenvalue weighted by molar-refractivity contribution is 9.10. The number of fused-ring (bicyclic) bond motifs is 1. The van der Waals surface area contributed by atoms with E-state index in [-0.39, 0.29) is 4.90 Å². The largest absolute Gasteiger partial charge is 0.399 e. The predicted octanol–water partition coefficient (Wildman–Crippen LogP) is 3.99. The van der Waals surface area contributed by atoms with Gasteiger partial charge < -0.3 is 5.73 Å². The SMILES string of the molecule is Nc1ccc(S(=O)(=O)Nc2ccc3ccccc3c2Br)cc1. The highest BCUT2D eigenvalue weighted by atomic mass is 79.9. The average Bonchev–Trinajstić information content (AvgIpc) is 2.51. The summed E-state index contributed by atoms with van der Waals surface area (Å²) in [6, 6.07) is 17.4. The topological polar surface area (TPSA) is 72.2 Å². The molecule has 3 rings (SSSR count). The Kier molecular flexibility index (Phi) is 3.80. The summed E-state index contributed by atoms with van der Waals surface area (Å²) in [5.74, 6) is 0. The summed E-state index contributed by atoms with van der Waals surface area (Å²) in [4.78, 5) is 0.168. The fourth-order valence-corrected chi connectivity index (χ4v) is 3.96. The van der Waals surface area contributed by atoms with Gasteiger partial charge in [-0.05, 0) is 57.0 Å². The second kappa shape index (κ2) is 5.62. The van der Waals surface area contributed by atoms with E-state index in [4.69, 9.17) is 5.73 Å². The first-order valence-corrected chi connectivity index (χ1v) is 8.80. The van der Waals surface area contributed by atoms with Crippen LogP contribution in [0.15, 0.2) is 70.0 Å². The van der Waals surface area contributed by atoms with Crippen LogP contribution in [0.5, 0.6) is 0 Å². The number of nitrogens with one attached hydrogen (secondary N) is 1. The Morgan fingerprint density at radius 2 is 1.59 bits per heavy atom. The number of nitrogen functional groups attached to an aromatic ring is 1. The Balaban J connectivity index is 2.02. The Bertz CT molecular complexity index is 938. The van der Waals surface area contributed by atoms with Crippen molar-refractivity contribution < 1.29 is 8.42 Å². The number of rotatable bonds is 3. The lowest BCUT2D eigenvalue weighted by molar-refractivity contribution is 0.601. The molecular weight excluding hydrogens is 364 g/mol. The molecule has 0 fully saturated rings. The molecule has 0 atom stereocenters. The molecule has 0 saturated heterocycles. The van der Waals surface area contributed by atoms with Crippen molar-refractivity contribution in [2.75, 3.05) is 10.5 Å². The standard InChI is InChI=1S/C16H13BrN2O2S/c17-16-14-4-2-1-3-11(14)5-10-15(16)19-22(20,21)13-8-6-12(18)7-9-13/h1-10,19H,18H2. The lowest BCUT2D eigenvalue weighted by atomic mass is 10.1. The third-order valence-electron chi connectivity index (χ3n) is 3.30. The van der Waals surface area contributed by atoms with Crippen LogP contribution in [0.3, 0.4) is 0 Å². The molecule has 0 spiro atoms. The fraction of sp³-hybridized carbons (Fsp3) is 0. The van der Waals surface area contributed by atoms with E-state index >= 15 is 0 Å². The second-order valence-corrected chi connectivity index (χ2v) is 7.30. The Labute approximate surface area is 137 Å². The summed E-state index contributed by atoms with van der Waals surface area (Å²) in [6.07, 6.45) is 0. The van der Waals surface area contributed by atoms with E-state index in [0.29, 0.717) is 15.8 Å². The van der Waals surface area contributed by atoms with Gasteiger partial charge in [-0.3, -0.25) is 4.72 Å². The molecule has 3 aromatic rings. The van der Waals surface area contributed by atoms with Crippen LogP contribution in [0.25, 0.3) is 10.8 Å². The summed E-state index contributed by atoms with van der Waals surface area (Å²) in [5, 5.41) is 1.98. The van der Waals surface area contributed by atoms with Gasteiger partial charge in [0.15, 0.2) is 0 Å². The maximum Gasteiger partial charge on any atom is 0.261 e. The van der Waals surface area contributed by atoms with Crippen LogP contribution in [0.1, 0.15) is 0 Å².